The second-order valence-corrected chi connectivity index (χ2v) is 5.21. The van der Waals surface area contributed by atoms with E-state index in [9.17, 15) is 4.39 Å². The molecular weight excluding hydrogens is 239 g/mol. The molecule has 0 saturated heterocycles. The quantitative estimate of drug-likeness (QED) is 0.767. The SMILES string of the molecule is CC1CCc2ccccc2[C@@H]1Oc1ccc(F)cc1. The van der Waals surface area contributed by atoms with Crippen LogP contribution in [0.2, 0.25) is 0 Å². The Morgan fingerprint density at radius 1 is 1.05 bits per heavy atom. The molecule has 0 spiro atoms. The Kier molecular flexibility index (Phi) is 3.24. The van der Waals surface area contributed by atoms with Gasteiger partial charge in [0.05, 0.1) is 0 Å². The maximum atomic E-state index is 12.9. The average molecular weight is 256 g/mol. The van der Waals surface area contributed by atoms with Crippen LogP contribution in [0.3, 0.4) is 0 Å². The lowest BCUT2D eigenvalue weighted by Crippen LogP contribution is -2.23. The summed E-state index contributed by atoms with van der Waals surface area (Å²) in [7, 11) is 0. The van der Waals surface area contributed by atoms with Crippen molar-refractivity contribution in [1.29, 1.82) is 0 Å². The van der Waals surface area contributed by atoms with Gasteiger partial charge in [-0.3, -0.25) is 0 Å². The number of ether oxygens (including phenoxy) is 1. The Hall–Kier alpha value is -1.83. The van der Waals surface area contributed by atoms with E-state index in [2.05, 4.69) is 31.2 Å². The van der Waals surface area contributed by atoms with Crippen LogP contribution in [-0.4, -0.2) is 0 Å². The molecule has 0 radical (unpaired) electrons. The highest BCUT2D eigenvalue weighted by atomic mass is 19.1. The van der Waals surface area contributed by atoms with Crippen LogP contribution in [0.1, 0.15) is 30.6 Å². The summed E-state index contributed by atoms with van der Waals surface area (Å²) >= 11 is 0. The largest absolute Gasteiger partial charge is 0.485 e. The first-order valence-corrected chi connectivity index (χ1v) is 6.74. The zero-order valence-corrected chi connectivity index (χ0v) is 11.0. The summed E-state index contributed by atoms with van der Waals surface area (Å²) in [6, 6.07) is 14.7. The number of aryl methyl sites for hydroxylation is 1. The third-order valence-electron chi connectivity index (χ3n) is 3.82. The van der Waals surface area contributed by atoms with Gasteiger partial charge in [-0.1, -0.05) is 31.2 Å². The zero-order chi connectivity index (χ0) is 13.2. The average Bonchev–Trinajstić information content (AvgIpc) is 2.44. The molecule has 1 nitrogen and oxygen atoms in total. The van der Waals surface area contributed by atoms with Crippen LogP contribution in [0, 0.1) is 11.7 Å². The Labute approximate surface area is 113 Å². The normalized spacial score (nSPS) is 21.8. The summed E-state index contributed by atoms with van der Waals surface area (Å²) in [5.74, 6) is 0.972. The van der Waals surface area contributed by atoms with Gasteiger partial charge in [0, 0.05) is 0 Å². The van der Waals surface area contributed by atoms with E-state index in [1.54, 1.807) is 12.1 Å². The molecule has 0 aromatic heterocycles. The standard InChI is InChI=1S/C17H17FO/c1-12-6-7-13-4-2-3-5-16(13)17(12)19-15-10-8-14(18)9-11-15/h2-5,8-12,17H,6-7H2,1H3/t12?,17-/m1/s1. The van der Waals surface area contributed by atoms with Gasteiger partial charge in [0.15, 0.2) is 0 Å². The summed E-state index contributed by atoms with van der Waals surface area (Å²) in [6.45, 7) is 2.21. The Balaban J connectivity index is 1.89. The number of halogens is 1. The van der Waals surface area contributed by atoms with Crippen molar-refractivity contribution in [1.82, 2.24) is 0 Å². The molecular formula is C17H17FO. The fourth-order valence-corrected chi connectivity index (χ4v) is 2.72. The summed E-state index contributed by atoms with van der Waals surface area (Å²) in [6.07, 6.45) is 2.30. The van der Waals surface area contributed by atoms with Gasteiger partial charge in [0.25, 0.3) is 0 Å². The molecule has 98 valence electrons. The molecule has 1 unspecified atom stereocenters. The number of benzene rings is 2. The highest BCUT2D eigenvalue weighted by Crippen LogP contribution is 2.37. The zero-order valence-electron chi connectivity index (χ0n) is 11.0. The topological polar surface area (TPSA) is 9.23 Å². The van der Waals surface area contributed by atoms with E-state index in [1.165, 1.54) is 23.3 Å². The minimum atomic E-state index is -0.232. The van der Waals surface area contributed by atoms with Gasteiger partial charge in [0.2, 0.25) is 0 Å². The molecule has 1 aliphatic rings. The van der Waals surface area contributed by atoms with Crippen LogP contribution in [0.25, 0.3) is 0 Å². The van der Waals surface area contributed by atoms with Gasteiger partial charge in [-0.25, -0.2) is 4.39 Å². The summed E-state index contributed by atoms with van der Waals surface area (Å²) in [4.78, 5) is 0. The van der Waals surface area contributed by atoms with Gasteiger partial charge >= 0.3 is 0 Å². The van der Waals surface area contributed by atoms with Gasteiger partial charge < -0.3 is 4.74 Å². The molecule has 0 bridgehead atoms. The molecule has 0 fully saturated rings. The molecule has 0 heterocycles. The number of fused-ring (bicyclic) bond motifs is 1. The van der Waals surface area contributed by atoms with Crippen molar-refractivity contribution < 1.29 is 9.13 Å². The van der Waals surface area contributed by atoms with Gasteiger partial charge in [-0.15, -0.1) is 0 Å². The molecule has 1 aliphatic carbocycles. The highest BCUT2D eigenvalue weighted by molar-refractivity contribution is 5.33. The Morgan fingerprint density at radius 3 is 2.58 bits per heavy atom. The van der Waals surface area contributed by atoms with Gasteiger partial charge in [-0.05, 0) is 54.2 Å². The highest BCUT2D eigenvalue weighted by Gasteiger charge is 2.27. The van der Waals surface area contributed by atoms with Crippen LogP contribution in [0.4, 0.5) is 4.39 Å². The monoisotopic (exact) mass is 256 g/mol. The van der Waals surface area contributed by atoms with E-state index in [4.69, 9.17) is 4.74 Å². The summed E-state index contributed by atoms with van der Waals surface area (Å²) < 4.78 is 19.0. The lowest BCUT2D eigenvalue weighted by Gasteiger charge is -2.31. The van der Waals surface area contributed by atoms with Crippen molar-refractivity contribution in [3.8, 4) is 5.75 Å². The van der Waals surface area contributed by atoms with Crippen LogP contribution in [-0.2, 0) is 6.42 Å². The Morgan fingerprint density at radius 2 is 1.79 bits per heavy atom. The number of hydrogen-bond acceptors (Lipinski definition) is 1. The lowest BCUT2D eigenvalue weighted by atomic mass is 9.82. The minimum absolute atomic E-state index is 0.0652. The van der Waals surface area contributed by atoms with Crippen molar-refractivity contribution in [2.75, 3.05) is 0 Å². The van der Waals surface area contributed by atoms with Crippen LogP contribution in [0.5, 0.6) is 5.75 Å². The molecule has 2 atom stereocenters. The van der Waals surface area contributed by atoms with Crippen molar-refractivity contribution >= 4 is 0 Å². The van der Waals surface area contributed by atoms with Gasteiger partial charge in [-0.2, -0.15) is 0 Å². The molecule has 0 aliphatic heterocycles. The first kappa shape index (κ1) is 12.2. The van der Waals surface area contributed by atoms with E-state index in [-0.39, 0.29) is 11.9 Å². The number of hydrogen-bond donors (Lipinski definition) is 0. The predicted octanol–water partition coefficient (Wildman–Crippen LogP) is 4.53. The molecule has 19 heavy (non-hydrogen) atoms. The van der Waals surface area contributed by atoms with E-state index < -0.39 is 0 Å². The summed E-state index contributed by atoms with van der Waals surface area (Å²) in [5, 5.41) is 0. The second kappa shape index (κ2) is 5.04. The Bertz CT molecular complexity index is 562. The van der Waals surface area contributed by atoms with E-state index in [0.29, 0.717) is 5.92 Å². The fraction of sp³-hybridized carbons (Fsp3) is 0.294. The smallest absolute Gasteiger partial charge is 0.127 e. The lowest BCUT2D eigenvalue weighted by molar-refractivity contribution is 0.129. The van der Waals surface area contributed by atoms with E-state index in [1.807, 2.05) is 0 Å². The van der Waals surface area contributed by atoms with E-state index in [0.717, 1.165) is 18.6 Å². The van der Waals surface area contributed by atoms with Crippen molar-refractivity contribution in [3.05, 3.63) is 65.5 Å². The molecule has 3 rings (SSSR count). The third-order valence-corrected chi connectivity index (χ3v) is 3.82. The van der Waals surface area contributed by atoms with Crippen molar-refractivity contribution in [3.63, 3.8) is 0 Å². The predicted molar refractivity (Wildman–Crippen MR) is 73.7 cm³/mol. The summed E-state index contributed by atoms with van der Waals surface area (Å²) in [5.41, 5.74) is 2.64. The molecule has 2 aromatic rings. The van der Waals surface area contributed by atoms with Crippen molar-refractivity contribution in [2.24, 2.45) is 5.92 Å². The maximum Gasteiger partial charge on any atom is 0.127 e. The second-order valence-electron chi connectivity index (χ2n) is 5.21. The maximum absolute atomic E-state index is 12.9. The first-order valence-electron chi connectivity index (χ1n) is 6.74. The van der Waals surface area contributed by atoms with Crippen molar-refractivity contribution in [2.45, 2.75) is 25.9 Å². The molecule has 2 aromatic carbocycles. The first-order chi connectivity index (χ1) is 9.24. The molecule has 0 saturated carbocycles. The fourth-order valence-electron chi connectivity index (χ4n) is 2.72. The van der Waals surface area contributed by atoms with Crippen LogP contribution < -0.4 is 4.74 Å². The number of rotatable bonds is 2. The molecule has 0 N–H and O–H groups in total. The minimum Gasteiger partial charge on any atom is -0.485 e. The van der Waals surface area contributed by atoms with Gasteiger partial charge in [0.1, 0.15) is 17.7 Å². The molecule has 2 heteroatoms. The molecule has 0 amide bonds. The third kappa shape index (κ3) is 2.48. The van der Waals surface area contributed by atoms with Crippen LogP contribution >= 0.6 is 0 Å². The van der Waals surface area contributed by atoms with E-state index >= 15 is 0 Å². The van der Waals surface area contributed by atoms with Crippen LogP contribution in [0.15, 0.2) is 48.5 Å².